The summed E-state index contributed by atoms with van der Waals surface area (Å²) in [5.41, 5.74) is 0.974. The molecule has 0 aliphatic heterocycles. The van der Waals surface area contributed by atoms with Crippen LogP contribution in [0.3, 0.4) is 0 Å². The molecule has 3 rings (SSSR count). The minimum absolute atomic E-state index is 0.121. The van der Waals surface area contributed by atoms with E-state index in [0.29, 0.717) is 29.4 Å². The fraction of sp³-hybridized carbons (Fsp3) is 0.520. The van der Waals surface area contributed by atoms with Gasteiger partial charge in [0.1, 0.15) is 23.7 Å². The van der Waals surface area contributed by atoms with Gasteiger partial charge in [0.05, 0.1) is 17.9 Å². The third-order valence-electron chi connectivity index (χ3n) is 6.25. The molecular formula is C25H32N4O3. The maximum atomic E-state index is 12.9. The lowest BCUT2D eigenvalue weighted by atomic mass is 9.49. The molecule has 1 aromatic heterocycles. The zero-order valence-electron chi connectivity index (χ0n) is 19.9. The maximum Gasteiger partial charge on any atom is 0.272 e. The van der Waals surface area contributed by atoms with E-state index in [1.165, 1.54) is 0 Å². The van der Waals surface area contributed by atoms with Gasteiger partial charge < -0.3 is 14.8 Å². The second-order valence-electron chi connectivity index (χ2n) is 9.75. The van der Waals surface area contributed by atoms with Gasteiger partial charge >= 0.3 is 0 Å². The van der Waals surface area contributed by atoms with Gasteiger partial charge in [0.25, 0.3) is 5.91 Å². The van der Waals surface area contributed by atoms with Crippen LogP contribution in [0.15, 0.2) is 30.3 Å². The van der Waals surface area contributed by atoms with Gasteiger partial charge in [-0.2, -0.15) is 10.4 Å². The second kappa shape index (κ2) is 8.78. The first-order chi connectivity index (χ1) is 15.0. The Bertz CT molecular complexity index is 1010. The average Bonchev–Trinajstić information content (AvgIpc) is 2.75. The predicted octanol–water partition coefficient (Wildman–Crippen LogP) is 4.48. The van der Waals surface area contributed by atoms with Crippen LogP contribution in [0.5, 0.6) is 11.5 Å². The Balaban J connectivity index is 1.75. The molecule has 7 nitrogen and oxygen atoms in total. The minimum atomic E-state index is -0.329. The summed E-state index contributed by atoms with van der Waals surface area (Å²) in [6.07, 6.45) is -0.155. The van der Waals surface area contributed by atoms with Crippen LogP contribution >= 0.6 is 0 Å². The lowest BCUT2D eigenvalue weighted by Gasteiger charge is -2.63. The molecule has 1 aliphatic rings. The van der Waals surface area contributed by atoms with Gasteiger partial charge in [-0.1, -0.05) is 41.5 Å². The second-order valence-corrected chi connectivity index (χ2v) is 9.75. The molecule has 1 heterocycles. The van der Waals surface area contributed by atoms with Crippen molar-refractivity contribution in [2.24, 2.45) is 10.8 Å². The number of hydrogen-bond donors (Lipinski definition) is 1. The molecule has 0 spiro atoms. The molecule has 0 radical (unpaired) electrons. The fourth-order valence-corrected chi connectivity index (χ4v) is 4.86. The van der Waals surface area contributed by atoms with Crippen molar-refractivity contribution in [3.05, 3.63) is 47.3 Å². The quantitative estimate of drug-likeness (QED) is 0.687. The highest BCUT2D eigenvalue weighted by Gasteiger charge is 2.64. The standard InChI is InChI=1S/C25H32N4O3/c1-8-31-20-13-17(10-9-16(20)14-26)32-23-24(4,5)22(25(23,6)7)27-21(30)19-12-11-18(15(2)3)28-29-19/h9-13,15,22-23H,8H2,1-7H3,(H,27,30). The largest absolute Gasteiger partial charge is 0.492 e. The van der Waals surface area contributed by atoms with Crippen LogP contribution in [0.4, 0.5) is 0 Å². The highest BCUT2D eigenvalue weighted by molar-refractivity contribution is 5.92. The summed E-state index contributed by atoms with van der Waals surface area (Å²) in [6, 6.07) is 10.8. The summed E-state index contributed by atoms with van der Waals surface area (Å²) in [4.78, 5) is 12.9. The van der Waals surface area contributed by atoms with Crippen LogP contribution in [-0.2, 0) is 0 Å². The van der Waals surface area contributed by atoms with E-state index in [1.54, 1.807) is 24.3 Å². The Kier molecular flexibility index (Phi) is 6.45. The summed E-state index contributed by atoms with van der Waals surface area (Å²) < 4.78 is 11.9. The van der Waals surface area contributed by atoms with Crippen molar-refractivity contribution in [2.45, 2.75) is 66.5 Å². The summed E-state index contributed by atoms with van der Waals surface area (Å²) in [5, 5.41) is 20.7. The number of nitrogens with one attached hydrogen (secondary N) is 1. The van der Waals surface area contributed by atoms with Gasteiger partial charge in [0.2, 0.25) is 0 Å². The lowest BCUT2D eigenvalue weighted by Crippen LogP contribution is -2.74. The molecule has 0 atom stereocenters. The van der Waals surface area contributed by atoms with Crippen LogP contribution in [0.25, 0.3) is 0 Å². The summed E-state index contributed by atoms with van der Waals surface area (Å²) in [6.45, 7) is 14.7. The predicted molar refractivity (Wildman–Crippen MR) is 122 cm³/mol. The van der Waals surface area contributed by atoms with Crippen LogP contribution in [-0.4, -0.2) is 34.9 Å². The molecule has 0 saturated heterocycles. The van der Waals surface area contributed by atoms with Gasteiger partial charge in [0, 0.05) is 22.9 Å². The molecule has 1 aliphatic carbocycles. The molecule has 1 aromatic carbocycles. The minimum Gasteiger partial charge on any atom is -0.492 e. The Labute approximate surface area is 190 Å². The number of carbonyl (C=O) groups is 1. The number of benzene rings is 1. The number of nitriles is 1. The van der Waals surface area contributed by atoms with Crippen molar-refractivity contribution in [1.29, 1.82) is 5.26 Å². The van der Waals surface area contributed by atoms with Crippen molar-refractivity contribution >= 4 is 5.91 Å². The summed E-state index contributed by atoms with van der Waals surface area (Å²) >= 11 is 0. The number of carbonyl (C=O) groups excluding carboxylic acids is 1. The van der Waals surface area contributed by atoms with Crippen LogP contribution in [0, 0.1) is 22.2 Å². The highest BCUT2D eigenvalue weighted by atomic mass is 16.5. The summed E-state index contributed by atoms with van der Waals surface area (Å²) in [5.74, 6) is 1.16. The summed E-state index contributed by atoms with van der Waals surface area (Å²) in [7, 11) is 0. The third kappa shape index (κ3) is 4.27. The van der Waals surface area contributed by atoms with Crippen molar-refractivity contribution < 1.29 is 14.3 Å². The molecule has 1 saturated carbocycles. The van der Waals surface area contributed by atoms with Gasteiger partial charge in [-0.3, -0.25) is 4.79 Å². The lowest BCUT2D eigenvalue weighted by molar-refractivity contribution is -0.164. The smallest absolute Gasteiger partial charge is 0.272 e. The normalized spacial score (nSPS) is 20.7. The zero-order valence-corrected chi connectivity index (χ0v) is 19.9. The van der Waals surface area contributed by atoms with Crippen molar-refractivity contribution in [1.82, 2.24) is 15.5 Å². The van der Waals surface area contributed by atoms with E-state index in [-0.39, 0.29) is 34.8 Å². The Morgan fingerprint density at radius 3 is 2.38 bits per heavy atom. The molecule has 1 N–H and O–H groups in total. The number of nitrogens with zero attached hydrogens (tertiary/aromatic N) is 3. The van der Waals surface area contributed by atoms with Gasteiger partial charge in [0.15, 0.2) is 5.69 Å². The fourth-order valence-electron chi connectivity index (χ4n) is 4.86. The zero-order chi connectivity index (χ0) is 23.7. The monoisotopic (exact) mass is 436 g/mol. The van der Waals surface area contributed by atoms with E-state index in [9.17, 15) is 10.1 Å². The Hall–Kier alpha value is -3.14. The number of ether oxygens (including phenoxy) is 2. The van der Waals surface area contributed by atoms with Gasteiger partial charge in [-0.15, -0.1) is 5.10 Å². The maximum absolute atomic E-state index is 12.9. The number of hydrogen-bond acceptors (Lipinski definition) is 6. The van der Waals surface area contributed by atoms with Crippen LogP contribution in [0.1, 0.15) is 76.1 Å². The Morgan fingerprint density at radius 2 is 1.84 bits per heavy atom. The molecular weight excluding hydrogens is 404 g/mol. The van der Waals surface area contributed by atoms with Crippen LogP contribution in [0.2, 0.25) is 0 Å². The molecule has 170 valence electrons. The van der Waals surface area contributed by atoms with E-state index in [1.807, 2.05) is 26.8 Å². The van der Waals surface area contributed by atoms with Crippen molar-refractivity contribution in [2.75, 3.05) is 6.61 Å². The van der Waals surface area contributed by atoms with E-state index in [0.717, 1.165) is 5.69 Å². The Morgan fingerprint density at radius 1 is 1.16 bits per heavy atom. The number of rotatable bonds is 7. The van der Waals surface area contributed by atoms with Crippen LogP contribution < -0.4 is 14.8 Å². The first-order valence-electron chi connectivity index (χ1n) is 11.0. The van der Waals surface area contributed by atoms with E-state index < -0.39 is 0 Å². The average molecular weight is 437 g/mol. The van der Waals surface area contributed by atoms with E-state index in [4.69, 9.17) is 9.47 Å². The molecule has 1 fully saturated rings. The first kappa shape index (κ1) is 23.5. The molecule has 0 bridgehead atoms. The first-order valence-corrected chi connectivity index (χ1v) is 11.0. The number of aromatic nitrogens is 2. The molecule has 32 heavy (non-hydrogen) atoms. The van der Waals surface area contributed by atoms with Crippen molar-refractivity contribution in [3.63, 3.8) is 0 Å². The molecule has 0 unspecified atom stereocenters. The van der Waals surface area contributed by atoms with E-state index in [2.05, 4.69) is 49.3 Å². The molecule has 1 amide bonds. The van der Waals surface area contributed by atoms with Gasteiger partial charge in [-0.25, -0.2) is 0 Å². The van der Waals surface area contributed by atoms with E-state index >= 15 is 0 Å². The number of amides is 1. The molecule has 2 aromatic rings. The highest BCUT2D eigenvalue weighted by Crippen LogP contribution is 2.55. The van der Waals surface area contributed by atoms with Crippen molar-refractivity contribution in [3.8, 4) is 17.6 Å². The topological polar surface area (TPSA) is 97.1 Å². The SMILES string of the molecule is CCOc1cc(OC2C(C)(C)C(NC(=O)c3ccc(C(C)C)nn3)C2(C)C)ccc1C#N. The van der Waals surface area contributed by atoms with Gasteiger partial charge in [-0.05, 0) is 37.1 Å². The molecule has 7 heteroatoms. The third-order valence-corrected chi connectivity index (χ3v) is 6.25.